The molecule has 0 atom stereocenters. The Hall–Kier alpha value is -4.06. The Kier molecular flexibility index (Phi) is 9.87. The average molecular weight is 616 g/mol. The number of rotatable bonds is 9. The van der Waals surface area contributed by atoms with E-state index in [1.807, 2.05) is 17.5 Å². The number of anilines is 2. The van der Waals surface area contributed by atoms with Gasteiger partial charge in [-0.25, -0.2) is 0 Å². The average Bonchev–Trinajstić information content (AvgIpc) is 3.46. The third kappa shape index (κ3) is 8.71. The summed E-state index contributed by atoms with van der Waals surface area (Å²) in [6.07, 6.45) is -3.10. The fraction of sp³-hybridized carbons (Fsp3) is 0.0690. The van der Waals surface area contributed by atoms with Gasteiger partial charge >= 0.3 is 6.18 Å². The maximum absolute atomic E-state index is 13.3. The fourth-order valence-corrected chi connectivity index (χ4v) is 5.01. The van der Waals surface area contributed by atoms with Gasteiger partial charge in [-0.2, -0.15) is 13.2 Å². The zero-order valence-electron chi connectivity index (χ0n) is 21.0. The first-order chi connectivity index (χ1) is 19.6. The van der Waals surface area contributed by atoms with Crippen LogP contribution >= 0.6 is 34.7 Å². The Morgan fingerprint density at radius 3 is 2.29 bits per heavy atom. The van der Waals surface area contributed by atoms with Crippen LogP contribution in [-0.2, 0) is 15.8 Å². The largest absolute Gasteiger partial charge is 0.418 e. The van der Waals surface area contributed by atoms with Gasteiger partial charge in [0.25, 0.3) is 11.8 Å². The highest BCUT2D eigenvalue weighted by molar-refractivity contribution is 8.00. The molecule has 41 heavy (non-hydrogen) atoms. The number of carbonyl (C=O) groups excluding carboxylic acids is 3. The molecular formula is C29H21ClF3N3O3S2. The Bertz CT molecular complexity index is 1560. The Morgan fingerprint density at radius 2 is 1.63 bits per heavy atom. The molecule has 3 N–H and O–H groups in total. The van der Waals surface area contributed by atoms with Gasteiger partial charge in [0.1, 0.15) is 5.70 Å². The van der Waals surface area contributed by atoms with E-state index >= 15 is 0 Å². The van der Waals surface area contributed by atoms with Crippen molar-refractivity contribution in [2.75, 3.05) is 16.4 Å². The maximum atomic E-state index is 13.3. The molecule has 0 saturated carbocycles. The van der Waals surface area contributed by atoms with Crippen molar-refractivity contribution < 1.29 is 27.6 Å². The molecule has 0 aliphatic heterocycles. The SMILES string of the molecule is O=C(CSc1ccc(NC(=O)/C(=C/c2cccs2)NC(=O)c2ccccc2)cc1)Nc1ccc(Cl)cc1C(F)(F)F. The van der Waals surface area contributed by atoms with Gasteiger partial charge in [-0.1, -0.05) is 35.9 Å². The lowest BCUT2D eigenvalue weighted by molar-refractivity contribution is -0.137. The number of carbonyl (C=O) groups is 3. The molecule has 1 heterocycles. The molecule has 0 unspecified atom stereocenters. The zero-order valence-corrected chi connectivity index (χ0v) is 23.4. The first kappa shape index (κ1) is 29.9. The van der Waals surface area contributed by atoms with E-state index in [0.29, 0.717) is 16.1 Å². The normalized spacial score (nSPS) is 11.6. The van der Waals surface area contributed by atoms with E-state index in [1.54, 1.807) is 60.7 Å². The van der Waals surface area contributed by atoms with Crippen molar-refractivity contribution in [1.82, 2.24) is 5.32 Å². The molecule has 3 aromatic carbocycles. The van der Waals surface area contributed by atoms with Gasteiger partial charge < -0.3 is 16.0 Å². The molecule has 0 spiro atoms. The Morgan fingerprint density at radius 1 is 0.902 bits per heavy atom. The van der Waals surface area contributed by atoms with Crippen molar-refractivity contribution in [3.05, 3.63) is 117 Å². The van der Waals surface area contributed by atoms with Crippen LogP contribution < -0.4 is 16.0 Å². The summed E-state index contributed by atoms with van der Waals surface area (Å²) < 4.78 is 39.8. The standard InChI is InChI=1S/C29H21ClF3N3O3S2/c30-19-8-13-24(23(15-19)29(31,32)33)35-26(37)17-41-21-11-9-20(10-12-21)34-28(39)25(16-22-7-4-14-40-22)36-27(38)18-5-2-1-3-6-18/h1-16H,17H2,(H,34,39)(H,35,37)(H,36,38)/b25-16-. The van der Waals surface area contributed by atoms with Crippen LogP contribution in [0.5, 0.6) is 0 Å². The van der Waals surface area contributed by atoms with Crippen LogP contribution in [0.2, 0.25) is 5.02 Å². The van der Waals surface area contributed by atoms with E-state index in [9.17, 15) is 27.6 Å². The van der Waals surface area contributed by atoms with Crippen molar-refractivity contribution >= 4 is 69.9 Å². The number of hydrogen-bond acceptors (Lipinski definition) is 5. The molecule has 4 rings (SSSR count). The predicted octanol–water partition coefficient (Wildman–Crippen LogP) is 7.56. The molecular weight excluding hydrogens is 595 g/mol. The zero-order chi connectivity index (χ0) is 29.4. The minimum atomic E-state index is -4.68. The van der Waals surface area contributed by atoms with Crippen LogP contribution in [0.15, 0.2) is 101 Å². The quantitative estimate of drug-likeness (QED) is 0.134. The summed E-state index contributed by atoms with van der Waals surface area (Å²) >= 11 is 8.19. The third-order valence-corrected chi connectivity index (χ3v) is 7.47. The van der Waals surface area contributed by atoms with Gasteiger partial charge in [0.15, 0.2) is 0 Å². The number of nitrogens with one attached hydrogen (secondary N) is 3. The van der Waals surface area contributed by atoms with E-state index in [4.69, 9.17) is 11.6 Å². The lowest BCUT2D eigenvalue weighted by Gasteiger charge is -2.14. The molecule has 4 aromatic rings. The van der Waals surface area contributed by atoms with E-state index < -0.39 is 29.5 Å². The Labute approximate surface area is 246 Å². The van der Waals surface area contributed by atoms with Crippen molar-refractivity contribution in [2.45, 2.75) is 11.1 Å². The van der Waals surface area contributed by atoms with E-state index in [2.05, 4.69) is 16.0 Å². The minimum absolute atomic E-state index is 0.0526. The molecule has 0 saturated heterocycles. The number of thioether (sulfide) groups is 1. The van der Waals surface area contributed by atoms with E-state index in [1.165, 1.54) is 17.4 Å². The van der Waals surface area contributed by atoms with Gasteiger partial charge in [0.05, 0.1) is 17.0 Å². The minimum Gasteiger partial charge on any atom is -0.325 e. The topological polar surface area (TPSA) is 87.3 Å². The first-order valence-electron chi connectivity index (χ1n) is 11.9. The van der Waals surface area contributed by atoms with Crippen LogP contribution in [0.3, 0.4) is 0 Å². The Balaban J connectivity index is 1.37. The highest BCUT2D eigenvalue weighted by atomic mass is 35.5. The molecule has 0 bridgehead atoms. The van der Waals surface area contributed by atoms with Crippen LogP contribution in [0.25, 0.3) is 6.08 Å². The number of halogens is 4. The second-order valence-electron chi connectivity index (χ2n) is 8.40. The molecule has 0 aliphatic carbocycles. The highest BCUT2D eigenvalue weighted by Crippen LogP contribution is 2.36. The molecule has 3 amide bonds. The molecule has 6 nitrogen and oxygen atoms in total. The molecule has 210 valence electrons. The maximum Gasteiger partial charge on any atom is 0.418 e. The van der Waals surface area contributed by atoms with Crippen molar-refractivity contribution in [3.63, 3.8) is 0 Å². The summed E-state index contributed by atoms with van der Waals surface area (Å²) in [5.74, 6) is -1.75. The summed E-state index contributed by atoms with van der Waals surface area (Å²) in [5.41, 5.74) is -0.525. The summed E-state index contributed by atoms with van der Waals surface area (Å²) in [4.78, 5) is 39.5. The molecule has 0 fully saturated rings. The number of amides is 3. The second kappa shape index (κ2) is 13.5. The van der Waals surface area contributed by atoms with Crippen LogP contribution in [-0.4, -0.2) is 23.5 Å². The molecule has 0 radical (unpaired) electrons. The smallest absolute Gasteiger partial charge is 0.325 e. The van der Waals surface area contributed by atoms with Crippen LogP contribution in [0, 0.1) is 0 Å². The van der Waals surface area contributed by atoms with Crippen LogP contribution in [0.4, 0.5) is 24.5 Å². The van der Waals surface area contributed by atoms with Gasteiger partial charge in [-0.15, -0.1) is 23.1 Å². The molecule has 0 aliphatic rings. The van der Waals surface area contributed by atoms with E-state index in [-0.39, 0.29) is 22.2 Å². The monoisotopic (exact) mass is 615 g/mol. The predicted molar refractivity (Wildman–Crippen MR) is 157 cm³/mol. The fourth-order valence-electron chi connectivity index (χ4n) is 3.49. The first-order valence-corrected chi connectivity index (χ1v) is 14.2. The molecule has 1 aromatic heterocycles. The number of hydrogen-bond donors (Lipinski definition) is 3. The lowest BCUT2D eigenvalue weighted by atomic mass is 10.1. The second-order valence-corrected chi connectivity index (χ2v) is 10.9. The van der Waals surface area contributed by atoms with Crippen LogP contribution in [0.1, 0.15) is 20.8 Å². The number of alkyl halides is 3. The highest BCUT2D eigenvalue weighted by Gasteiger charge is 2.34. The summed E-state index contributed by atoms with van der Waals surface area (Å²) in [6, 6.07) is 21.8. The summed E-state index contributed by atoms with van der Waals surface area (Å²) in [5, 5.41) is 9.43. The summed E-state index contributed by atoms with van der Waals surface area (Å²) in [6.45, 7) is 0. The third-order valence-electron chi connectivity index (χ3n) is 5.40. The van der Waals surface area contributed by atoms with Gasteiger partial charge in [0, 0.05) is 26.0 Å². The van der Waals surface area contributed by atoms with Crippen molar-refractivity contribution in [3.8, 4) is 0 Å². The van der Waals surface area contributed by atoms with Gasteiger partial charge in [-0.3, -0.25) is 14.4 Å². The summed E-state index contributed by atoms with van der Waals surface area (Å²) in [7, 11) is 0. The number of benzene rings is 3. The molecule has 12 heteroatoms. The van der Waals surface area contributed by atoms with Gasteiger partial charge in [0.2, 0.25) is 5.91 Å². The number of thiophene rings is 1. The van der Waals surface area contributed by atoms with Crippen molar-refractivity contribution in [1.29, 1.82) is 0 Å². The van der Waals surface area contributed by atoms with Crippen molar-refractivity contribution in [2.24, 2.45) is 0 Å². The van der Waals surface area contributed by atoms with Gasteiger partial charge in [-0.05, 0) is 72.1 Å². The van der Waals surface area contributed by atoms with E-state index in [0.717, 1.165) is 28.8 Å². The lowest BCUT2D eigenvalue weighted by Crippen LogP contribution is -2.30.